The number of carbonyl (C=O) groups excluding carboxylic acids is 1. The van der Waals surface area contributed by atoms with E-state index >= 15 is 0 Å². The molecule has 0 radical (unpaired) electrons. The fraction of sp³-hybridized carbons (Fsp3) is 0.720. The molecule has 5 nitrogen and oxygen atoms in total. The summed E-state index contributed by atoms with van der Waals surface area (Å²) in [6.45, 7) is 7.24. The maximum absolute atomic E-state index is 13.1. The number of piperidine rings is 3. The van der Waals surface area contributed by atoms with Crippen LogP contribution in [0, 0.1) is 17.8 Å². The minimum absolute atomic E-state index is 0.169. The molecule has 3 saturated heterocycles. The van der Waals surface area contributed by atoms with Crippen molar-refractivity contribution < 1.29 is 9.53 Å². The number of nitrogens with two attached hydrogens (primary N) is 1. The zero-order valence-electron chi connectivity index (χ0n) is 18.9. The number of methoxy groups -OCH3 is 1. The van der Waals surface area contributed by atoms with Crippen molar-refractivity contribution in [3.8, 4) is 5.75 Å². The van der Waals surface area contributed by atoms with Gasteiger partial charge in [-0.25, -0.2) is 0 Å². The summed E-state index contributed by atoms with van der Waals surface area (Å²) in [7, 11) is 1.73. The Bertz CT molecular complexity index is 737. The van der Waals surface area contributed by atoms with Crippen molar-refractivity contribution in [1.82, 2.24) is 9.80 Å². The van der Waals surface area contributed by atoms with E-state index in [2.05, 4.69) is 41.8 Å². The number of ether oxygens (including phenoxy) is 1. The molecule has 2 N–H and O–H groups in total. The summed E-state index contributed by atoms with van der Waals surface area (Å²) in [5.74, 6) is 2.67. The lowest BCUT2D eigenvalue weighted by molar-refractivity contribution is -0.142. The van der Waals surface area contributed by atoms with Crippen molar-refractivity contribution in [3.05, 3.63) is 29.8 Å². The average molecular weight is 414 g/mol. The Kier molecular flexibility index (Phi) is 6.69. The molecule has 3 heterocycles. The monoisotopic (exact) mass is 413 g/mol. The van der Waals surface area contributed by atoms with Gasteiger partial charge >= 0.3 is 0 Å². The number of hydrogen-bond acceptors (Lipinski definition) is 4. The predicted octanol–water partition coefficient (Wildman–Crippen LogP) is 3.31. The number of carbonyl (C=O) groups is 1. The maximum Gasteiger partial charge on any atom is 0.239 e. The highest BCUT2D eigenvalue weighted by molar-refractivity contribution is 5.81. The van der Waals surface area contributed by atoms with Crippen LogP contribution in [-0.2, 0) is 11.2 Å². The van der Waals surface area contributed by atoms with Crippen LogP contribution >= 0.6 is 0 Å². The van der Waals surface area contributed by atoms with Gasteiger partial charge in [-0.2, -0.15) is 0 Å². The number of fused-ring (bicyclic) bond motifs is 4. The van der Waals surface area contributed by atoms with E-state index in [9.17, 15) is 4.79 Å². The van der Waals surface area contributed by atoms with E-state index in [1.165, 1.54) is 37.8 Å². The molecule has 0 unspecified atom stereocenters. The van der Waals surface area contributed by atoms with Gasteiger partial charge in [0.25, 0.3) is 0 Å². The molecular weight excluding hydrogens is 374 g/mol. The first kappa shape index (κ1) is 21.6. The van der Waals surface area contributed by atoms with Gasteiger partial charge < -0.3 is 15.4 Å². The molecule has 1 aromatic rings. The SMILES string of the molecule is COc1cccc(C[C@H]2[C@H]3C[C@H](CN(C(=O)[C@@H](N)CC(C)C)C3)[C@@H]3CCCCN32)c1. The Hall–Kier alpha value is -1.59. The third-order valence-corrected chi connectivity index (χ3v) is 7.55. The van der Waals surface area contributed by atoms with Crippen LogP contribution < -0.4 is 10.5 Å². The van der Waals surface area contributed by atoms with Gasteiger partial charge in [0.2, 0.25) is 5.91 Å². The molecule has 5 heteroatoms. The van der Waals surface area contributed by atoms with Crippen molar-refractivity contribution in [2.45, 2.75) is 70.5 Å². The summed E-state index contributed by atoms with van der Waals surface area (Å²) in [6.07, 6.45) is 6.94. The number of benzene rings is 1. The second kappa shape index (κ2) is 9.27. The number of rotatable bonds is 6. The summed E-state index contributed by atoms with van der Waals surface area (Å²) in [6, 6.07) is 9.25. The van der Waals surface area contributed by atoms with Gasteiger partial charge in [-0.3, -0.25) is 9.69 Å². The summed E-state index contributed by atoms with van der Waals surface area (Å²) in [4.78, 5) is 18.1. The number of nitrogens with zero attached hydrogens (tertiary/aromatic N) is 2. The van der Waals surface area contributed by atoms with E-state index in [0.717, 1.165) is 31.7 Å². The van der Waals surface area contributed by atoms with Crippen molar-refractivity contribution in [2.24, 2.45) is 23.5 Å². The first-order valence-electron chi connectivity index (χ1n) is 11.9. The Balaban J connectivity index is 1.54. The highest BCUT2D eigenvalue weighted by Crippen LogP contribution is 2.42. The fourth-order valence-electron chi connectivity index (χ4n) is 6.25. The van der Waals surface area contributed by atoms with Crippen LogP contribution in [0.4, 0.5) is 0 Å². The summed E-state index contributed by atoms with van der Waals surface area (Å²) < 4.78 is 5.46. The first-order valence-corrected chi connectivity index (χ1v) is 11.9. The van der Waals surface area contributed by atoms with E-state index in [4.69, 9.17) is 10.5 Å². The van der Waals surface area contributed by atoms with E-state index in [-0.39, 0.29) is 11.9 Å². The van der Waals surface area contributed by atoms with Gasteiger partial charge in [0.15, 0.2) is 0 Å². The third-order valence-electron chi connectivity index (χ3n) is 7.55. The number of hydrogen-bond donors (Lipinski definition) is 1. The van der Waals surface area contributed by atoms with Crippen LogP contribution in [0.1, 0.15) is 51.5 Å². The lowest BCUT2D eigenvalue weighted by Crippen LogP contribution is -2.65. The number of likely N-dealkylation sites (tertiary alicyclic amines) is 1. The quantitative estimate of drug-likeness (QED) is 0.777. The van der Waals surface area contributed by atoms with Gasteiger partial charge in [-0.05, 0) is 74.1 Å². The molecule has 1 aromatic carbocycles. The Morgan fingerprint density at radius 2 is 2.03 bits per heavy atom. The minimum Gasteiger partial charge on any atom is -0.497 e. The number of amides is 1. The topological polar surface area (TPSA) is 58.8 Å². The standard InChI is InChI=1S/C25H39N3O2/c1-17(2)11-22(26)25(29)27-15-19-14-20(16-27)24(28-10-5-4-9-23(19)28)13-18-7-6-8-21(12-18)30-3/h6-8,12,17,19-20,22-24H,4-5,9-11,13-16,26H2,1-3H3/t19-,20+,22+,23+,24+/m1/s1. The van der Waals surface area contributed by atoms with E-state index < -0.39 is 0 Å². The summed E-state index contributed by atoms with van der Waals surface area (Å²) in [5, 5.41) is 0. The van der Waals surface area contributed by atoms with Crippen molar-refractivity contribution >= 4 is 5.91 Å². The minimum atomic E-state index is -0.358. The third kappa shape index (κ3) is 4.52. The molecule has 3 aliphatic heterocycles. The van der Waals surface area contributed by atoms with E-state index in [1.54, 1.807) is 7.11 Å². The zero-order valence-corrected chi connectivity index (χ0v) is 18.9. The van der Waals surface area contributed by atoms with Gasteiger partial charge in [-0.1, -0.05) is 32.4 Å². The van der Waals surface area contributed by atoms with Gasteiger partial charge in [-0.15, -0.1) is 0 Å². The highest BCUT2D eigenvalue weighted by Gasteiger charge is 2.48. The average Bonchev–Trinajstić information content (AvgIpc) is 2.75. The summed E-state index contributed by atoms with van der Waals surface area (Å²) in [5.41, 5.74) is 7.64. The first-order chi connectivity index (χ1) is 14.5. The molecule has 3 aliphatic rings. The highest BCUT2D eigenvalue weighted by atomic mass is 16.5. The molecular formula is C25H39N3O2. The van der Waals surface area contributed by atoms with Crippen LogP contribution in [0.3, 0.4) is 0 Å². The van der Waals surface area contributed by atoms with Gasteiger partial charge in [0.05, 0.1) is 13.2 Å². The second-order valence-electron chi connectivity index (χ2n) is 10.2. The van der Waals surface area contributed by atoms with Crippen LogP contribution in [0.2, 0.25) is 0 Å². The smallest absolute Gasteiger partial charge is 0.239 e. The Labute approximate surface area is 181 Å². The molecule has 0 aromatic heterocycles. The van der Waals surface area contributed by atoms with Crippen LogP contribution in [0.25, 0.3) is 0 Å². The molecule has 30 heavy (non-hydrogen) atoms. The van der Waals surface area contributed by atoms with Gasteiger partial charge in [0, 0.05) is 25.2 Å². The zero-order chi connectivity index (χ0) is 21.3. The van der Waals surface area contributed by atoms with Crippen LogP contribution in [-0.4, -0.2) is 60.6 Å². The maximum atomic E-state index is 13.1. The molecule has 166 valence electrons. The molecule has 0 spiro atoms. The predicted molar refractivity (Wildman–Crippen MR) is 120 cm³/mol. The molecule has 0 aliphatic carbocycles. The molecule has 1 amide bonds. The molecule has 4 rings (SSSR count). The van der Waals surface area contributed by atoms with Crippen molar-refractivity contribution in [3.63, 3.8) is 0 Å². The lowest BCUT2D eigenvalue weighted by atomic mass is 9.71. The lowest BCUT2D eigenvalue weighted by Gasteiger charge is -2.57. The molecule has 3 fully saturated rings. The van der Waals surface area contributed by atoms with Crippen molar-refractivity contribution in [1.29, 1.82) is 0 Å². The van der Waals surface area contributed by atoms with E-state index in [1.807, 2.05) is 6.07 Å². The van der Waals surface area contributed by atoms with Crippen LogP contribution in [0.5, 0.6) is 5.75 Å². The normalized spacial score (nSPS) is 30.1. The van der Waals surface area contributed by atoms with Gasteiger partial charge in [0.1, 0.15) is 5.75 Å². The van der Waals surface area contributed by atoms with Crippen LogP contribution in [0.15, 0.2) is 24.3 Å². The molecule has 0 saturated carbocycles. The Morgan fingerprint density at radius 1 is 1.23 bits per heavy atom. The fourth-order valence-corrected chi connectivity index (χ4v) is 6.25. The second-order valence-corrected chi connectivity index (χ2v) is 10.2. The molecule has 5 atom stereocenters. The molecule has 2 bridgehead atoms. The van der Waals surface area contributed by atoms with E-state index in [0.29, 0.717) is 29.8 Å². The summed E-state index contributed by atoms with van der Waals surface area (Å²) >= 11 is 0. The van der Waals surface area contributed by atoms with Crippen molar-refractivity contribution in [2.75, 3.05) is 26.7 Å². The largest absolute Gasteiger partial charge is 0.497 e. The Morgan fingerprint density at radius 3 is 2.80 bits per heavy atom.